The summed E-state index contributed by atoms with van der Waals surface area (Å²) in [6.45, 7) is -2.66. The number of β-amino-alcohol motifs (C(OH)–C–C–N with tert-alkyl or cyclic N) is 1. The molecule has 0 unspecified atom stereocenters. The second-order valence-electron chi connectivity index (χ2n) is 3.90. The first-order valence-electron chi connectivity index (χ1n) is 5.05. The molecule has 0 bridgehead atoms. The van der Waals surface area contributed by atoms with Gasteiger partial charge in [-0.05, 0) is 0 Å². The number of halogens is 3. The van der Waals surface area contributed by atoms with Crippen LogP contribution in [0.15, 0.2) is 0 Å². The Morgan fingerprint density at radius 1 is 1.39 bits per heavy atom. The van der Waals surface area contributed by atoms with Gasteiger partial charge in [-0.25, -0.2) is 4.79 Å². The zero-order chi connectivity index (χ0) is 13.9. The van der Waals surface area contributed by atoms with Gasteiger partial charge in [-0.1, -0.05) is 0 Å². The molecule has 9 heteroatoms. The first-order valence-corrected chi connectivity index (χ1v) is 5.05. The fraction of sp³-hybridized carbons (Fsp3) is 0.778. The van der Waals surface area contributed by atoms with Gasteiger partial charge in [-0.15, -0.1) is 0 Å². The standard InChI is InChI=1S/C9H12F3NO5/c10-9(11,12)4-18-3-7(15)13-2-5(14)1-6(13)8(16)17/h5-6,14H,1-4H2,(H,16,17)/t5-,6-/m0/s1. The highest BCUT2D eigenvalue weighted by molar-refractivity contribution is 5.85. The lowest BCUT2D eigenvalue weighted by molar-refractivity contribution is -0.178. The number of amides is 1. The van der Waals surface area contributed by atoms with Crippen molar-refractivity contribution in [2.75, 3.05) is 19.8 Å². The number of carboxylic acids is 1. The summed E-state index contributed by atoms with van der Waals surface area (Å²) >= 11 is 0. The fourth-order valence-electron chi connectivity index (χ4n) is 1.66. The van der Waals surface area contributed by atoms with Crippen LogP contribution in [0.25, 0.3) is 0 Å². The van der Waals surface area contributed by atoms with Crippen molar-refractivity contribution in [2.45, 2.75) is 24.7 Å². The van der Waals surface area contributed by atoms with Crippen LogP contribution in [0.2, 0.25) is 0 Å². The molecule has 2 N–H and O–H groups in total. The summed E-state index contributed by atoms with van der Waals surface area (Å²) in [6.07, 6.45) is -5.67. The average Bonchev–Trinajstić information content (AvgIpc) is 2.58. The van der Waals surface area contributed by atoms with Crippen LogP contribution in [-0.2, 0) is 14.3 Å². The highest BCUT2D eigenvalue weighted by Crippen LogP contribution is 2.19. The quantitative estimate of drug-likeness (QED) is 0.727. The summed E-state index contributed by atoms with van der Waals surface area (Å²) in [5.41, 5.74) is 0. The third-order valence-corrected chi connectivity index (χ3v) is 2.38. The van der Waals surface area contributed by atoms with Gasteiger partial charge in [0.25, 0.3) is 0 Å². The summed E-state index contributed by atoms with van der Waals surface area (Å²) in [4.78, 5) is 23.0. The van der Waals surface area contributed by atoms with E-state index in [0.717, 1.165) is 4.90 Å². The van der Waals surface area contributed by atoms with E-state index in [1.165, 1.54) is 0 Å². The van der Waals surface area contributed by atoms with Crippen LogP contribution in [0, 0.1) is 0 Å². The van der Waals surface area contributed by atoms with Crippen molar-refractivity contribution in [1.29, 1.82) is 0 Å². The van der Waals surface area contributed by atoms with E-state index in [1.54, 1.807) is 0 Å². The predicted octanol–water partition coefficient (Wildman–Crippen LogP) is -0.388. The molecule has 0 aromatic rings. The van der Waals surface area contributed by atoms with Crippen molar-refractivity contribution < 1.29 is 37.7 Å². The minimum Gasteiger partial charge on any atom is -0.480 e. The number of ether oxygens (including phenoxy) is 1. The van der Waals surface area contributed by atoms with Crippen LogP contribution in [0.3, 0.4) is 0 Å². The van der Waals surface area contributed by atoms with Gasteiger partial charge in [0.1, 0.15) is 19.3 Å². The zero-order valence-corrected chi connectivity index (χ0v) is 9.18. The second kappa shape index (κ2) is 5.53. The molecule has 1 heterocycles. The van der Waals surface area contributed by atoms with Crippen LogP contribution in [0.5, 0.6) is 0 Å². The van der Waals surface area contributed by atoms with Gasteiger partial charge in [0, 0.05) is 13.0 Å². The van der Waals surface area contributed by atoms with Crippen molar-refractivity contribution in [3.8, 4) is 0 Å². The first-order chi connectivity index (χ1) is 8.20. The molecule has 0 spiro atoms. The van der Waals surface area contributed by atoms with Crippen molar-refractivity contribution in [3.63, 3.8) is 0 Å². The molecule has 104 valence electrons. The van der Waals surface area contributed by atoms with E-state index >= 15 is 0 Å². The van der Waals surface area contributed by atoms with Gasteiger partial charge < -0.3 is 19.8 Å². The number of carbonyl (C=O) groups excluding carboxylic acids is 1. The van der Waals surface area contributed by atoms with E-state index in [2.05, 4.69) is 4.74 Å². The summed E-state index contributed by atoms with van der Waals surface area (Å²) in [6, 6.07) is -1.22. The number of carbonyl (C=O) groups is 2. The molecule has 1 rings (SSSR count). The third kappa shape index (κ3) is 4.15. The summed E-state index contributed by atoms with van der Waals surface area (Å²) in [7, 11) is 0. The third-order valence-electron chi connectivity index (χ3n) is 2.38. The van der Waals surface area contributed by atoms with Gasteiger partial charge in [0.05, 0.1) is 6.10 Å². The van der Waals surface area contributed by atoms with Crippen molar-refractivity contribution in [2.24, 2.45) is 0 Å². The van der Waals surface area contributed by atoms with E-state index in [9.17, 15) is 27.9 Å². The molecule has 1 amide bonds. The van der Waals surface area contributed by atoms with Crippen LogP contribution in [0.4, 0.5) is 13.2 Å². The normalized spacial score (nSPS) is 24.3. The molecule has 0 aliphatic carbocycles. The minimum atomic E-state index is -4.54. The lowest BCUT2D eigenvalue weighted by Gasteiger charge is -2.21. The maximum absolute atomic E-state index is 11.8. The van der Waals surface area contributed by atoms with Crippen molar-refractivity contribution in [3.05, 3.63) is 0 Å². The van der Waals surface area contributed by atoms with Crippen LogP contribution in [0.1, 0.15) is 6.42 Å². The molecule has 0 aromatic carbocycles. The lowest BCUT2D eigenvalue weighted by atomic mass is 10.2. The highest BCUT2D eigenvalue weighted by Gasteiger charge is 2.39. The van der Waals surface area contributed by atoms with E-state index < -0.39 is 43.4 Å². The maximum atomic E-state index is 11.8. The molecule has 0 saturated carbocycles. The smallest absolute Gasteiger partial charge is 0.411 e. The van der Waals surface area contributed by atoms with Crippen molar-refractivity contribution >= 4 is 11.9 Å². The lowest BCUT2D eigenvalue weighted by Crippen LogP contribution is -2.42. The average molecular weight is 271 g/mol. The molecule has 1 aliphatic heterocycles. The van der Waals surface area contributed by atoms with E-state index in [-0.39, 0.29) is 13.0 Å². The molecule has 18 heavy (non-hydrogen) atoms. The Hall–Kier alpha value is -1.35. The highest BCUT2D eigenvalue weighted by atomic mass is 19.4. The number of alkyl halides is 3. The summed E-state index contributed by atoms with van der Waals surface area (Å²) in [5.74, 6) is -2.20. The number of rotatable bonds is 4. The van der Waals surface area contributed by atoms with E-state index in [1.807, 2.05) is 0 Å². The van der Waals surface area contributed by atoms with E-state index in [4.69, 9.17) is 5.11 Å². The monoisotopic (exact) mass is 271 g/mol. The molecule has 0 aromatic heterocycles. The fourth-order valence-corrected chi connectivity index (χ4v) is 1.66. The first kappa shape index (κ1) is 14.7. The van der Waals surface area contributed by atoms with Crippen LogP contribution >= 0.6 is 0 Å². The molecule has 1 fully saturated rings. The zero-order valence-electron chi connectivity index (χ0n) is 9.18. The topological polar surface area (TPSA) is 87.1 Å². The number of aliphatic carboxylic acids is 1. The van der Waals surface area contributed by atoms with Gasteiger partial charge in [-0.3, -0.25) is 4.79 Å². The van der Waals surface area contributed by atoms with E-state index in [0.29, 0.717) is 0 Å². The van der Waals surface area contributed by atoms with Crippen molar-refractivity contribution in [1.82, 2.24) is 4.90 Å². The number of aliphatic hydroxyl groups excluding tert-OH is 1. The minimum absolute atomic E-state index is 0.139. The molecular formula is C9H12F3NO5. The Kier molecular flexibility index (Phi) is 4.52. The molecule has 6 nitrogen and oxygen atoms in total. The summed E-state index contributed by atoms with van der Waals surface area (Å²) < 4.78 is 39.4. The molecular weight excluding hydrogens is 259 g/mol. The molecule has 0 radical (unpaired) electrons. The Morgan fingerprint density at radius 3 is 2.50 bits per heavy atom. The van der Waals surface area contributed by atoms with Crippen LogP contribution < -0.4 is 0 Å². The summed E-state index contributed by atoms with van der Waals surface area (Å²) in [5, 5.41) is 18.0. The van der Waals surface area contributed by atoms with Crippen LogP contribution in [-0.4, -0.2) is 65.1 Å². The number of likely N-dealkylation sites (tertiary alicyclic amines) is 1. The number of nitrogens with zero attached hydrogens (tertiary/aromatic N) is 1. The second-order valence-corrected chi connectivity index (χ2v) is 3.90. The number of aliphatic hydroxyl groups is 1. The van der Waals surface area contributed by atoms with Gasteiger partial charge >= 0.3 is 12.1 Å². The van der Waals surface area contributed by atoms with Gasteiger partial charge in [-0.2, -0.15) is 13.2 Å². The van der Waals surface area contributed by atoms with Gasteiger partial charge in [0.2, 0.25) is 5.91 Å². The SMILES string of the molecule is O=C(O)[C@@H]1C[C@H](O)CN1C(=O)COCC(F)(F)F. The molecule has 1 saturated heterocycles. The largest absolute Gasteiger partial charge is 0.480 e. The number of carboxylic acid groups (broad SMARTS) is 1. The Bertz CT molecular complexity index is 333. The Morgan fingerprint density at radius 2 is 2.00 bits per heavy atom. The maximum Gasteiger partial charge on any atom is 0.411 e. The Labute approximate surface area is 99.9 Å². The predicted molar refractivity (Wildman–Crippen MR) is 50.6 cm³/mol. The number of hydrogen-bond donors (Lipinski definition) is 2. The Balaban J connectivity index is 2.48. The molecule has 2 atom stereocenters. The van der Waals surface area contributed by atoms with Gasteiger partial charge in [0.15, 0.2) is 0 Å². The molecule has 1 aliphatic rings. The number of hydrogen-bond acceptors (Lipinski definition) is 4.